The van der Waals surface area contributed by atoms with Gasteiger partial charge in [-0.2, -0.15) is 13.2 Å². The molecular formula is C12H8F3NO5. The highest BCUT2D eigenvalue weighted by Crippen LogP contribution is 2.34. The van der Waals surface area contributed by atoms with E-state index in [1.165, 1.54) is 0 Å². The topological polar surface area (TPSA) is 83.9 Å². The van der Waals surface area contributed by atoms with Crippen LogP contribution >= 0.6 is 0 Å². The number of halogens is 3. The van der Waals surface area contributed by atoms with Gasteiger partial charge in [0.2, 0.25) is 0 Å². The lowest BCUT2D eigenvalue weighted by atomic mass is 10.1. The van der Waals surface area contributed by atoms with Crippen LogP contribution in [0, 0.1) is 0 Å². The number of imide groups is 1. The Morgan fingerprint density at radius 1 is 1.19 bits per heavy atom. The molecule has 0 aliphatic carbocycles. The van der Waals surface area contributed by atoms with E-state index < -0.39 is 54.0 Å². The average molecular weight is 303 g/mol. The predicted octanol–water partition coefficient (Wildman–Crippen LogP) is 1.29. The molecule has 21 heavy (non-hydrogen) atoms. The van der Waals surface area contributed by atoms with Crippen LogP contribution in [0.3, 0.4) is 0 Å². The van der Waals surface area contributed by atoms with E-state index in [0.29, 0.717) is 23.1 Å². The number of amides is 2. The van der Waals surface area contributed by atoms with Crippen LogP contribution in [0.5, 0.6) is 0 Å². The molecule has 1 aromatic rings. The van der Waals surface area contributed by atoms with Gasteiger partial charge in [0, 0.05) is 0 Å². The number of carboxylic acid groups (broad SMARTS) is 1. The van der Waals surface area contributed by atoms with Gasteiger partial charge in [-0.3, -0.25) is 9.59 Å². The van der Waals surface area contributed by atoms with Gasteiger partial charge in [-0.1, -0.05) is 0 Å². The van der Waals surface area contributed by atoms with Crippen LogP contribution in [0.4, 0.5) is 18.9 Å². The molecule has 0 bridgehead atoms. The molecule has 2 rings (SSSR count). The number of ether oxygens (including phenoxy) is 1. The molecule has 0 spiro atoms. The zero-order valence-electron chi connectivity index (χ0n) is 10.3. The van der Waals surface area contributed by atoms with E-state index in [0.717, 1.165) is 0 Å². The molecule has 0 unspecified atom stereocenters. The van der Waals surface area contributed by atoms with Gasteiger partial charge in [0.05, 0.1) is 16.8 Å². The molecule has 0 saturated carbocycles. The Balaban J connectivity index is 2.60. The number of benzene rings is 1. The van der Waals surface area contributed by atoms with Gasteiger partial charge in [-0.05, 0) is 18.2 Å². The summed E-state index contributed by atoms with van der Waals surface area (Å²) in [5.41, 5.74) is -2.35. The van der Waals surface area contributed by atoms with Crippen molar-refractivity contribution in [2.45, 2.75) is 6.18 Å². The molecule has 1 saturated heterocycles. The molecule has 112 valence electrons. The van der Waals surface area contributed by atoms with Gasteiger partial charge < -0.3 is 9.84 Å². The maximum absolute atomic E-state index is 12.7. The van der Waals surface area contributed by atoms with Crippen LogP contribution in [0.2, 0.25) is 0 Å². The zero-order valence-corrected chi connectivity index (χ0v) is 10.3. The fourth-order valence-corrected chi connectivity index (χ4v) is 1.84. The summed E-state index contributed by atoms with van der Waals surface area (Å²) in [6.45, 7) is -1.03. The molecule has 1 N–H and O–H groups in total. The fourth-order valence-electron chi connectivity index (χ4n) is 1.84. The number of carbonyl (C=O) groups is 3. The van der Waals surface area contributed by atoms with E-state index in [4.69, 9.17) is 5.11 Å². The number of morpholine rings is 1. The number of aromatic carboxylic acids is 1. The normalized spacial score (nSPS) is 16.2. The van der Waals surface area contributed by atoms with Crippen molar-refractivity contribution in [1.82, 2.24) is 0 Å². The first kappa shape index (κ1) is 15.0. The Bertz CT molecular complexity index is 610. The molecule has 0 radical (unpaired) electrons. The number of hydrogen-bond acceptors (Lipinski definition) is 4. The standard InChI is InChI=1S/C12H8F3NO5/c13-12(14,15)6-1-2-7(11(19)20)8(3-6)16-9(17)4-21-5-10(16)18/h1-3H,4-5H2,(H,19,20). The quantitative estimate of drug-likeness (QED) is 0.832. The van der Waals surface area contributed by atoms with E-state index in [9.17, 15) is 27.6 Å². The molecule has 9 heteroatoms. The Kier molecular flexibility index (Phi) is 3.69. The summed E-state index contributed by atoms with van der Waals surface area (Å²) in [6, 6.07) is 1.74. The smallest absolute Gasteiger partial charge is 0.416 e. The van der Waals surface area contributed by atoms with Crippen LogP contribution < -0.4 is 4.90 Å². The van der Waals surface area contributed by atoms with Gasteiger partial charge in [0.15, 0.2) is 0 Å². The number of nitrogens with zero attached hydrogens (tertiary/aromatic N) is 1. The number of carbonyl (C=O) groups excluding carboxylic acids is 2. The van der Waals surface area contributed by atoms with Gasteiger partial charge >= 0.3 is 12.1 Å². The first-order valence-corrected chi connectivity index (χ1v) is 5.60. The lowest BCUT2D eigenvalue weighted by Gasteiger charge is -2.26. The molecule has 0 aromatic heterocycles. The highest BCUT2D eigenvalue weighted by Gasteiger charge is 2.36. The van der Waals surface area contributed by atoms with Crippen LogP contribution in [0.1, 0.15) is 15.9 Å². The van der Waals surface area contributed by atoms with Crippen LogP contribution in [0.25, 0.3) is 0 Å². The van der Waals surface area contributed by atoms with Crippen molar-refractivity contribution in [2.75, 3.05) is 18.1 Å². The minimum atomic E-state index is -4.73. The third-order valence-electron chi connectivity index (χ3n) is 2.75. The monoisotopic (exact) mass is 303 g/mol. The highest BCUT2D eigenvalue weighted by atomic mass is 19.4. The van der Waals surface area contributed by atoms with E-state index in [-0.39, 0.29) is 0 Å². The second-order valence-electron chi connectivity index (χ2n) is 4.15. The first-order valence-electron chi connectivity index (χ1n) is 5.60. The highest BCUT2D eigenvalue weighted by molar-refractivity contribution is 6.19. The van der Waals surface area contributed by atoms with Crippen molar-refractivity contribution in [3.8, 4) is 0 Å². The summed E-state index contributed by atoms with van der Waals surface area (Å²) in [4.78, 5) is 34.8. The zero-order chi connectivity index (χ0) is 15.8. The van der Waals surface area contributed by atoms with Gasteiger partial charge in [-0.25, -0.2) is 9.69 Å². The Hall–Kier alpha value is -2.42. The van der Waals surface area contributed by atoms with E-state index in [1.54, 1.807) is 0 Å². The van der Waals surface area contributed by atoms with Crippen LogP contribution in [-0.2, 0) is 20.5 Å². The molecule has 1 aliphatic rings. The second-order valence-corrected chi connectivity index (χ2v) is 4.15. The van der Waals surface area contributed by atoms with Gasteiger partial charge in [-0.15, -0.1) is 0 Å². The summed E-state index contributed by atoms with van der Waals surface area (Å²) < 4.78 is 42.7. The third kappa shape index (κ3) is 2.87. The SMILES string of the molecule is O=C(O)c1ccc(C(F)(F)F)cc1N1C(=O)COCC1=O. The molecule has 6 nitrogen and oxygen atoms in total. The molecule has 1 aromatic carbocycles. The summed E-state index contributed by atoms with van der Waals surface area (Å²) in [6.07, 6.45) is -4.73. The Morgan fingerprint density at radius 3 is 2.24 bits per heavy atom. The van der Waals surface area contributed by atoms with E-state index >= 15 is 0 Å². The number of carboxylic acids is 1. The number of hydrogen-bond donors (Lipinski definition) is 1. The van der Waals surface area contributed by atoms with Crippen molar-refractivity contribution in [1.29, 1.82) is 0 Å². The first-order chi connectivity index (χ1) is 9.71. The van der Waals surface area contributed by atoms with Crippen molar-refractivity contribution < 1.29 is 37.4 Å². The Morgan fingerprint density at radius 2 is 1.76 bits per heavy atom. The van der Waals surface area contributed by atoms with Crippen molar-refractivity contribution in [3.63, 3.8) is 0 Å². The molecule has 1 aliphatic heterocycles. The largest absolute Gasteiger partial charge is 0.478 e. The summed E-state index contributed by atoms with van der Waals surface area (Å²) in [7, 11) is 0. The van der Waals surface area contributed by atoms with Crippen molar-refractivity contribution >= 4 is 23.5 Å². The summed E-state index contributed by atoms with van der Waals surface area (Å²) in [5, 5.41) is 9.00. The molecule has 2 amide bonds. The Labute approximate surface area is 115 Å². The van der Waals surface area contributed by atoms with E-state index in [2.05, 4.69) is 4.74 Å². The van der Waals surface area contributed by atoms with Gasteiger partial charge in [0.1, 0.15) is 13.2 Å². The van der Waals surface area contributed by atoms with Gasteiger partial charge in [0.25, 0.3) is 11.8 Å². The summed E-state index contributed by atoms with van der Waals surface area (Å²) in [5.74, 6) is -3.40. The minimum absolute atomic E-state index is 0.405. The third-order valence-corrected chi connectivity index (χ3v) is 2.75. The lowest BCUT2D eigenvalue weighted by molar-refractivity contribution is -0.139. The number of alkyl halides is 3. The maximum atomic E-state index is 12.7. The van der Waals surface area contributed by atoms with Crippen molar-refractivity contribution in [2.24, 2.45) is 0 Å². The molecule has 1 heterocycles. The maximum Gasteiger partial charge on any atom is 0.416 e. The number of rotatable bonds is 2. The minimum Gasteiger partial charge on any atom is -0.478 e. The number of anilines is 1. The predicted molar refractivity (Wildman–Crippen MR) is 61.7 cm³/mol. The van der Waals surface area contributed by atoms with Crippen molar-refractivity contribution in [3.05, 3.63) is 29.3 Å². The average Bonchev–Trinajstić information content (AvgIpc) is 2.37. The lowest BCUT2D eigenvalue weighted by Crippen LogP contribution is -2.47. The van der Waals surface area contributed by atoms with Crippen LogP contribution in [-0.4, -0.2) is 36.1 Å². The van der Waals surface area contributed by atoms with Crippen LogP contribution in [0.15, 0.2) is 18.2 Å². The molecular weight excluding hydrogens is 295 g/mol. The van der Waals surface area contributed by atoms with E-state index in [1.807, 2.05) is 0 Å². The summed E-state index contributed by atoms with van der Waals surface area (Å²) >= 11 is 0. The molecule has 0 atom stereocenters. The molecule has 1 fully saturated rings. The fraction of sp³-hybridized carbons (Fsp3) is 0.250. The second kappa shape index (κ2) is 5.17.